The molecule has 2 atom stereocenters. The minimum absolute atomic E-state index is 0.289. The second-order valence-corrected chi connectivity index (χ2v) is 71.2. The molecule has 6 rings (SSSR count). The summed E-state index contributed by atoms with van der Waals surface area (Å²) in [6, 6.07) is 27.5. The van der Waals surface area contributed by atoms with Gasteiger partial charge in [0.1, 0.15) is 0 Å². The first-order valence-corrected chi connectivity index (χ1v) is 36.3. The van der Waals surface area contributed by atoms with E-state index in [9.17, 15) is 0 Å². The van der Waals surface area contributed by atoms with E-state index in [-0.39, 0.29) is 7.35 Å². The topological polar surface area (TPSA) is 0 Å². The van der Waals surface area contributed by atoms with Gasteiger partial charge in [-0.15, -0.1) is 0 Å². The zero-order valence-corrected chi connectivity index (χ0v) is 31.5. The van der Waals surface area contributed by atoms with Gasteiger partial charge < -0.3 is 0 Å². The summed E-state index contributed by atoms with van der Waals surface area (Å²) in [6.07, 6.45) is 10.0. The van der Waals surface area contributed by atoms with Gasteiger partial charge in [-0.05, 0) is 0 Å². The van der Waals surface area contributed by atoms with E-state index in [1.54, 1.807) is 0 Å². The van der Waals surface area contributed by atoms with Crippen LogP contribution < -0.4 is 0 Å². The molecule has 2 aliphatic carbocycles. The summed E-state index contributed by atoms with van der Waals surface area (Å²) in [4.78, 5) is 0. The summed E-state index contributed by atoms with van der Waals surface area (Å²) >= 11 is -5.25. The summed E-state index contributed by atoms with van der Waals surface area (Å²) in [7, 11) is 0. The molecule has 2 aliphatic rings. The molecule has 0 aliphatic heterocycles. The zero-order chi connectivity index (χ0) is 31.1. The van der Waals surface area contributed by atoms with E-state index in [2.05, 4.69) is 153 Å². The molecule has 4 aromatic carbocycles. The number of aryl methyl sites for hydroxylation is 2. The van der Waals surface area contributed by atoms with Crippen molar-refractivity contribution in [3.05, 3.63) is 129 Å². The Kier molecular flexibility index (Phi) is 6.20. The van der Waals surface area contributed by atoms with Crippen LogP contribution in [-0.2, 0) is 15.1 Å². The van der Waals surface area contributed by atoms with Crippen molar-refractivity contribution in [2.24, 2.45) is 5.92 Å². The zero-order valence-electron chi connectivity index (χ0n) is 27.9. The Morgan fingerprint density at radius 1 is 0.581 bits per heavy atom. The minimum atomic E-state index is -5.25. The van der Waals surface area contributed by atoms with Crippen molar-refractivity contribution in [1.29, 1.82) is 0 Å². The summed E-state index contributed by atoms with van der Waals surface area (Å²) in [5, 5.41) is 0. The average molecular weight is 733 g/mol. The molecule has 0 spiro atoms. The summed E-state index contributed by atoms with van der Waals surface area (Å²) in [5.74, 6) is 0.530. The predicted octanol–water partition coefficient (Wildman–Crippen LogP) is 12.5. The van der Waals surface area contributed by atoms with Crippen LogP contribution in [0, 0.1) is 33.6 Å². The van der Waals surface area contributed by atoms with Gasteiger partial charge in [0.25, 0.3) is 0 Å². The SMILES string of the molecule is [CH2]=[Hf]([CH3])([CH3])([CH3])([CH2]C(C)C)([CH]1C=Cc2c(-c3cccc(C)c3C)cccc21)[CH]1C=Cc2c(-c3cccc(C)c3C)cccc21. The van der Waals surface area contributed by atoms with Crippen molar-refractivity contribution in [2.45, 2.75) is 67.1 Å². The Hall–Kier alpha value is -2.90. The molecule has 0 nitrogen and oxygen atoms in total. The van der Waals surface area contributed by atoms with Crippen molar-refractivity contribution in [2.75, 3.05) is 0 Å². The van der Waals surface area contributed by atoms with Crippen LogP contribution in [0.25, 0.3) is 34.4 Å². The van der Waals surface area contributed by atoms with E-state index in [1.165, 1.54) is 66.8 Å². The van der Waals surface area contributed by atoms with Crippen LogP contribution in [0.4, 0.5) is 0 Å². The van der Waals surface area contributed by atoms with E-state index in [0.29, 0.717) is 5.92 Å². The van der Waals surface area contributed by atoms with Crippen LogP contribution in [0.5, 0.6) is 0 Å². The number of benzene rings is 4. The van der Waals surface area contributed by atoms with Gasteiger partial charge in [-0.1, -0.05) is 0 Å². The van der Waals surface area contributed by atoms with Crippen molar-refractivity contribution < 1.29 is 15.1 Å². The van der Waals surface area contributed by atoms with Crippen LogP contribution >= 0.6 is 0 Å². The summed E-state index contributed by atoms with van der Waals surface area (Å²) in [5.41, 5.74) is 16.5. The van der Waals surface area contributed by atoms with Crippen molar-refractivity contribution in [3.8, 4) is 22.3 Å². The first-order valence-electron chi connectivity index (χ1n) is 16.3. The standard InChI is InChI=1S/2C17H15.C4H9.3CH3.CH2.Hf/c2*1-12-6-3-9-15(13(12)2)17-11-5-8-14-7-4-10-16(14)17;1-4(2)3;;;;;/h2*3-11H,1-2H3;4H,1H2,2-3H3;3*1H3;1H2;. The summed E-state index contributed by atoms with van der Waals surface area (Å²) in [6.45, 7) is 13.8. The molecule has 0 radical (unpaired) electrons. The van der Waals surface area contributed by atoms with E-state index in [1.807, 2.05) is 0 Å². The molecular weight excluding hydrogens is 683 g/mol. The third kappa shape index (κ3) is 4.36. The Morgan fingerprint density at radius 2 is 0.953 bits per heavy atom. The fourth-order valence-electron chi connectivity index (χ4n) is 10.2. The molecule has 0 bridgehead atoms. The van der Waals surface area contributed by atoms with E-state index in [4.69, 9.17) is 4.26 Å². The van der Waals surface area contributed by atoms with Gasteiger partial charge in [0, 0.05) is 0 Å². The van der Waals surface area contributed by atoms with E-state index >= 15 is 0 Å². The number of allylic oxidation sites excluding steroid dienone is 2. The average Bonchev–Trinajstić information content (AvgIpc) is 3.58. The fourth-order valence-corrected chi connectivity index (χ4v) is 48.2. The molecular formula is C42H50Hf. The van der Waals surface area contributed by atoms with Gasteiger partial charge in [-0.3, -0.25) is 0 Å². The third-order valence-electron chi connectivity index (χ3n) is 12.2. The van der Waals surface area contributed by atoms with Gasteiger partial charge in [-0.25, -0.2) is 0 Å². The van der Waals surface area contributed by atoms with Crippen LogP contribution in [0.2, 0.25) is 18.2 Å². The Bertz CT molecular complexity index is 1870. The third-order valence-corrected chi connectivity index (χ3v) is 48.1. The van der Waals surface area contributed by atoms with Gasteiger partial charge in [-0.2, -0.15) is 0 Å². The normalized spacial score (nSPS) is 19.9. The Labute approximate surface area is 254 Å². The molecule has 2 unspecified atom stereocenters. The summed E-state index contributed by atoms with van der Waals surface area (Å²) < 4.78 is 15.6. The molecule has 0 fully saturated rings. The van der Waals surface area contributed by atoms with Crippen LogP contribution in [-0.4, -0.2) is 4.26 Å². The second-order valence-electron chi connectivity index (χ2n) is 18.0. The first-order chi connectivity index (χ1) is 20.0. The monoisotopic (exact) mass is 734 g/mol. The molecule has 43 heavy (non-hydrogen) atoms. The molecule has 0 amide bonds. The number of hydrogen-bond donors (Lipinski definition) is 0. The van der Waals surface area contributed by atoms with Crippen LogP contribution in [0.1, 0.15) is 65.7 Å². The van der Waals surface area contributed by atoms with Gasteiger partial charge in [0.05, 0.1) is 0 Å². The van der Waals surface area contributed by atoms with Crippen molar-refractivity contribution in [1.82, 2.24) is 0 Å². The molecule has 222 valence electrons. The maximum atomic E-state index is 5.73. The second kappa shape index (κ2) is 8.85. The van der Waals surface area contributed by atoms with Gasteiger partial charge in [0.2, 0.25) is 0 Å². The molecule has 0 N–H and O–H groups in total. The fraction of sp³-hybridized carbons (Fsp3) is 0.310. The van der Waals surface area contributed by atoms with E-state index < -0.39 is 15.1 Å². The number of rotatable bonds is 6. The van der Waals surface area contributed by atoms with Gasteiger partial charge >= 0.3 is 256 Å². The Morgan fingerprint density at radius 3 is 1.35 bits per heavy atom. The van der Waals surface area contributed by atoms with Gasteiger partial charge in [0.15, 0.2) is 0 Å². The predicted molar refractivity (Wildman–Crippen MR) is 191 cm³/mol. The number of hydrogen-bond acceptors (Lipinski definition) is 0. The Balaban J connectivity index is 1.60. The van der Waals surface area contributed by atoms with Crippen molar-refractivity contribution >= 4 is 16.4 Å². The maximum absolute atomic E-state index is 5.73. The van der Waals surface area contributed by atoms with Crippen LogP contribution in [0.3, 0.4) is 0 Å². The number of fused-ring (bicyclic) bond motifs is 2. The molecule has 0 heterocycles. The quantitative estimate of drug-likeness (QED) is 0.173. The first kappa shape index (κ1) is 30.1. The molecule has 0 aromatic heterocycles. The van der Waals surface area contributed by atoms with Crippen LogP contribution in [0.15, 0.2) is 84.9 Å². The molecule has 4 aromatic rings. The van der Waals surface area contributed by atoms with E-state index in [0.717, 1.165) is 4.18 Å². The molecule has 1 heteroatoms. The molecule has 0 saturated heterocycles. The van der Waals surface area contributed by atoms with Crippen molar-refractivity contribution in [3.63, 3.8) is 0 Å². The molecule has 0 saturated carbocycles.